The molecule has 0 spiro atoms. The Bertz CT molecular complexity index is 512. The predicted molar refractivity (Wildman–Crippen MR) is 105 cm³/mol. The Morgan fingerprint density at radius 3 is 2.33 bits per heavy atom. The van der Waals surface area contributed by atoms with Crippen LogP contribution in [0.1, 0.15) is 45.4 Å². The molecular weight excluding hydrogens is 372 g/mol. The van der Waals surface area contributed by atoms with Crippen molar-refractivity contribution >= 4 is 30.3 Å². The zero-order chi connectivity index (χ0) is 19.1. The Morgan fingerprint density at radius 1 is 1.11 bits per heavy atom. The van der Waals surface area contributed by atoms with Crippen molar-refractivity contribution in [1.82, 2.24) is 20.4 Å². The fraction of sp³-hybridized carbons (Fsp3) is 0.833. The zero-order valence-electron chi connectivity index (χ0n) is 16.3. The SMILES string of the molecule is CC1CCCCC1NC(=O)NC(=O)CN1CCC(N(C)CC(=O)O)CC1.Cl. The highest BCUT2D eigenvalue weighted by molar-refractivity contribution is 5.95. The molecule has 1 saturated carbocycles. The molecule has 156 valence electrons. The van der Waals surface area contributed by atoms with Gasteiger partial charge in [0, 0.05) is 25.2 Å². The molecule has 1 heterocycles. The lowest BCUT2D eigenvalue weighted by molar-refractivity contribution is -0.138. The van der Waals surface area contributed by atoms with E-state index in [1.807, 2.05) is 16.8 Å². The van der Waals surface area contributed by atoms with Gasteiger partial charge in [-0.2, -0.15) is 0 Å². The number of aliphatic carboxylic acids is 1. The topological polar surface area (TPSA) is 102 Å². The number of urea groups is 1. The van der Waals surface area contributed by atoms with E-state index in [1.165, 1.54) is 6.42 Å². The van der Waals surface area contributed by atoms with Crippen LogP contribution in [0.25, 0.3) is 0 Å². The van der Waals surface area contributed by atoms with E-state index in [0.29, 0.717) is 5.92 Å². The van der Waals surface area contributed by atoms with Crippen LogP contribution in [0.15, 0.2) is 0 Å². The van der Waals surface area contributed by atoms with Gasteiger partial charge in [-0.1, -0.05) is 19.8 Å². The van der Waals surface area contributed by atoms with Gasteiger partial charge < -0.3 is 10.4 Å². The normalized spacial score (nSPS) is 24.1. The Hall–Kier alpha value is -1.38. The van der Waals surface area contributed by atoms with Gasteiger partial charge in [-0.25, -0.2) is 4.79 Å². The third-order valence-corrected chi connectivity index (χ3v) is 5.61. The number of likely N-dealkylation sites (tertiary alicyclic amines) is 1. The smallest absolute Gasteiger partial charge is 0.321 e. The molecule has 0 aromatic carbocycles. The zero-order valence-corrected chi connectivity index (χ0v) is 17.1. The fourth-order valence-corrected chi connectivity index (χ4v) is 3.97. The van der Waals surface area contributed by atoms with E-state index >= 15 is 0 Å². The van der Waals surface area contributed by atoms with Crippen LogP contribution in [-0.4, -0.2) is 78.1 Å². The highest BCUT2D eigenvalue weighted by Gasteiger charge is 2.26. The number of hydrogen-bond acceptors (Lipinski definition) is 5. The Labute approximate surface area is 167 Å². The predicted octanol–water partition coefficient (Wildman–Crippen LogP) is 1.29. The molecule has 1 aliphatic carbocycles. The van der Waals surface area contributed by atoms with Crippen LogP contribution in [-0.2, 0) is 9.59 Å². The van der Waals surface area contributed by atoms with Gasteiger partial charge in [0.05, 0.1) is 13.1 Å². The van der Waals surface area contributed by atoms with Crippen molar-refractivity contribution in [3.8, 4) is 0 Å². The number of carboxylic acid groups (broad SMARTS) is 1. The molecule has 1 aliphatic heterocycles. The summed E-state index contributed by atoms with van der Waals surface area (Å²) in [4.78, 5) is 38.8. The number of hydrogen-bond donors (Lipinski definition) is 3. The third-order valence-electron chi connectivity index (χ3n) is 5.61. The van der Waals surface area contributed by atoms with Crippen molar-refractivity contribution in [3.05, 3.63) is 0 Å². The Morgan fingerprint density at radius 2 is 1.74 bits per heavy atom. The lowest BCUT2D eigenvalue weighted by Gasteiger charge is -2.35. The standard InChI is InChI=1S/C18H32N4O4.ClH/c1-13-5-3-4-6-15(13)19-18(26)20-16(23)11-22-9-7-14(8-10-22)21(2)12-17(24)25;/h13-15H,3-12H2,1-2H3,(H,24,25)(H2,19,20,23,26);1H. The van der Waals surface area contributed by atoms with E-state index in [2.05, 4.69) is 17.6 Å². The van der Waals surface area contributed by atoms with Crippen molar-refractivity contribution < 1.29 is 19.5 Å². The van der Waals surface area contributed by atoms with Crippen molar-refractivity contribution in [2.75, 3.05) is 33.2 Å². The first-order chi connectivity index (χ1) is 12.3. The molecule has 0 aromatic rings. The van der Waals surface area contributed by atoms with Crippen LogP contribution in [0.4, 0.5) is 4.79 Å². The van der Waals surface area contributed by atoms with Crippen molar-refractivity contribution in [2.45, 2.75) is 57.5 Å². The summed E-state index contributed by atoms with van der Waals surface area (Å²) in [5.41, 5.74) is 0. The first kappa shape index (κ1) is 23.7. The lowest BCUT2D eigenvalue weighted by atomic mass is 9.86. The summed E-state index contributed by atoms with van der Waals surface area (Å²) >= 11 is 0. The molecule has 2 rings (SSSR count). The summed E-state index contributed by atoms with van der Waals surface area (Å²) < 4.78 is 0. The largest absolute Gasteiger partial charge is 0.480 e. The molecule has 0 radical (unpaired) electrons. The highest BCUT2D eigenvalue weighted by atomic mass is 35.5. The molecule has 1 saturated heterocycles. The van der Waals surface area contributed by atoms with Gasteiger partial charge in [0.15, 0.2) is 0 Å². The van der Waals surface area contributed by atoms with E-state index < -0.39 is 12.0 Å². The Kier molecular flexibility index (Phi) is 10.0. The molecule has 2 aliphatic rings. The second-order valence-corrected chi connectivity index (χ2v) is 7.71. The van der Waals surface area contributed by atoms with Gasteiger partial charge >= 0.3 is 12.0 Å². The van der Waals surface area contributed by atoms with Gasteiger partial charge in [0.25, 0.3) is 0 Å². The highest BCUT2D eigenvalue weighted by Crippen LogP contribution is 2.23. The van der Waals surface area contributed by atoms with Crippen molar-refractivity contribution in [1.29, 1.82) is 0 Å². The van der Waals surface area contributed by atoms with Gasteiger partial charge in [0.2, 0.25) is 5.91 Å². The lowest BCUT2D eigenvalue weighted by Crippen LogP contribution is -2.51. The van der Waals surface area contributed by atoms with Crippen LogP contribution < -0.4 is 10.6 Å². The van der Waals surface area contributed by atoms with E-state index in [0.717, 1.165) is 45.2 Å². The van der Waals surface area contributed by atoms with Crippen LogP contribution in [0.3, 0.4) is 0 Å². The quantitative estimate of drug-likeness (QED) is 0.616. The molecule has 3 amide bonds. The summed E-state index contributed by atoms with van der Waals surface area (Å²) in [7, 11) is 1.82. The molecule has 9 heteroatoms. The molecule has 8 nitrogen and oxygen atoms in total. The number of nitrogens with zero attached hydrogens (tertiary/aromatic N) is 2. The molecule has 2 unspecified atom stereocenters. The summed E-state index contributed by atoms with van der Waals surface area (Å²) in [6.45, 7) is 3.82. The minimum atomic E-state index is -0.826. The van der Waals surface area contributed by atoms with Crippen LogP contribution in [0, 0.1) is 5.92 Å². The van der Waals surface area contributed by atoms with Gasteiger partial charge in [-0.05, 0) is 38.6 Å². The summed E-state index contributed by atoms with van der Waals surface area (Å²) in [5.74, 6) is -0.665. The molecule has 27 heavy (non-hydrogen) atoms. The first-order valence-corrected chi connectivity index (χ1v) is 9.60. The van der Waals surface area contributed by atoms with Gasteiger partial charge in [-0.15, -0.1) is 12.4 Å². The first-order valence-electron chi connectivity index (χ1n) is 9.60. The maximum absolute atomic E-state index is 12.1. The summed E-state index contributed by atoms with van der Waals surface area (Å²) in [5, 5.41) is 14.2. The minimum Gasteiger partial charge on any atom is -0.480 e. The third kappa shape index (κ3) is 8.02. The second-order valence-electron chi connectivity index (χ2n) is 7.71. The average molecular weight is 405 g/mol. The Balaban J connectivity index is 0.00000364. The number of rotatable bonds is 6. The number of nitrogens with one attached hydrogen (secondary N) is 2. The number of carbonyl (C=O) groups excluding carboxylic acids is 2. The average Bonchev–Trinajstić information content (AvgIpc) is 2.56. The van der Waals surface area contributed by atoms with Crippen molar-refractivity contribution in [2.24, 2.45) is 5.92 Å². The van der Waals surface area contributed by atoms with E-state index in [1.54, 1.807) is 0 Å². The number of carbonyl (C=O) groups is 3. The molecule has 3 N–H and O–H groups in total. The number of piperidine rings is 1. The van der Waals surface area contributed by atoms with Crippen LogP contribution in [0.2, 0.25) is 0 Å². The monoisotopic (exact) mass is 404 g/mol. The molecule has 0 bridgehead atoms. The minimum absolute atomic E-state index is 0. The number of carboxylic acids is 1. The number of likely N-dealkylation sites (N-methyl/N-ethyl adjacent to an activating group) is 1. The molecule has 0 aromatic heterocycles. The number of amides is 3. The van der Waals surface area contributed by atoms with E-state index in [-0.39, 0.29) is 43.5 Å². The fourth-order valence-electron chi connectivity index (χ4n) is 3.97. The van der Waals surface area contributed by atoms with Gasteiger partial charge in [0.1, 0.15) is 0 Å². The molecule has 2 atom stereocenters. The number of halogens is 1. The molecule has 2 fully saturated rings. The van der Waals surface area contributed by atoms with Crippen LogP contribution >= 0.6 is 12.4 Å². The van der Waals surface area contributed by atoms with E-state index in [4.69, 9.17) is 5.11 Å². The number of imide groups is 1. The van der Waals surface area contributed by atoms with Crippen molar-refractivity contribution in [3.63, 3.8) is 0 Å². The maximum Gasteiger partial charge on any atom is 0.321 e. The van der Waals surface area contributed by atoms with Crippen LogP contribution in [0.5, 0.6) is 0 Å². The van der Waals surface area contributed by atoms with Gasteiger partial charge in [-0.3, -0.25) is 24.7 Å². The maximum atomic E-state index is 12.1. The second kappa shape index (κ2) is 11.5. The molecular formula is C18H33ClN4O4. The summed E-state index contributed by atoms with van der Waals surface area (Å²) in [6.07, 6.45) is 6.06. The summed E-state index contributed by atoms with van der Waals surface area (Å²) in [6, 6.07) is -0.0246. The van der Waals surface area contributed by atoms with E-state index in [9.17, 15) is 14.4 Å².